The number of phenolic OH excluding ortho intramolecular Hbond substituents is 1. The molecule has 23 heavy (non-hydrogen) atoms. The number of rotatable bonds is 5. The van der Waals surface area contributed by atoms with Crippen LogP contribution in [-0.2, 0) is 0 Å². The van der Waals surface area contributed by atoms with Crippen LogP contribution in [0.1, 0.15) is 16.5 Å². The fourth-order valence-corrected chi connectivity index (χ4v) is 3.36. The maximum Gasteiger partial charge on any atom is 0.166 e. The lowest BCUT2D eigenvalue weighted by molar-refractivity contribution is 0.191. The topological polar surface area (TPSA) is 62.0 Å². The van der Waals surface area contributed by atoms with Crippen molar-refractivity contribution in [1.82, 2.24) is 0 Å². The normalized spacial score (nSPS) is 12.8. The SMILES string of the molecule is COc1cccc(C=NCC(O)c2cc3ccccc3s2)c1O. The zero-order valence-electron chi connectivity index (χ0n) is 12.6. The highest BCUT2D eigenvalue weighted by Gasteiger charge is 2.11. The first-order valence-electron chi connectivity index (χ1n) is 7.21. The lowest BCUT2D eigenvalue weighted by atomic mass is 10.2. The van der Waals surface area contributed by atoms with E-state index in [1.807, 2.05) is 30.3 Å². The van der Waals surface area contributed by atoms with E-state index in [0.29, 0.717) is 11.3 Å². The number of hydrogen-bond donors (Lipinski definition) is 2. The minimum absolute atomic E-state index is 0.0510. The Bertz CT molecular complexity index is 808. The van der Waals surface area contributed by atoms with Crippen molar-refractivity contribution in [3.8, 4) is 11.5 Å². The Balaban J connectivity index is 1.72. The molecule has 2 aromatic carbocycles. The zero-order valence-corrected chi connectivity index (χ0v) is 13.5. The molecular weight excluding hydrogens is 310 g/mol. The van der Waals surface area contributed by atoms with Gasteiger partial charge in [-0.2, -0.15) is 0 Å². The quantitative estimate of drug-likeness (QED) is 0.701. The predicted molar refractivity (Wildman–Crippen MR) is 93.9 cm³/mol. The number of aliphatic hydroxyl groups excluding tert-OH is 1. The summed E-state index contributed by atoms with van der Waals surface area (Å²) in [7, 11) is 1.50. The number of thiophene rings is 1. The van der Waals surface area contributed by atoms with Gasteiger partial charge < -0.3 is 14.9 Å². The van der Waals surface area contributed by atoms with Gasteiger partial charge in [-0.25, -0.2) is 0 Å². The van der Waals surface area contributed by atoms with Crippen molar-refractivity contribution in [2.24, 2.45) is 4.99 Å². The Morgan fingerprint density at radius 1 is 1.22 bits per heavy atom. The Labute approximate surface area is 138 Å². The van der Waals surface area contributed by atoms with Crippen molar-refractivity contribution in [2.45, 2.75) is 6.10 Å². The number of phenols is 1. The second kappa shape index (κ2) is 6.81. The molecule has 0 radical (unpaired) electrons. The van der Waals surface area contributed by atoms with Gasteiger partial charge in [0, 0.05) is 21.4 Å². The van der Waals surface area contributed by atoms with E-state index >= 15 is 0 Å². The third-order valence-corrected chi connectivity index (χ3v) is 4.75. The van der Waals surface area contributed by atoms with E-state index in [-0.39, 0.29) is 12.3 Å². The summed E-state index contributed by atoms with van der Waals surface area (Å²) in [5, 5.41) is 21.4. The van der Waals surface area contributed by atoms with Crippen molar-refractivity contribution in [3.05, 3.63) is 59.0 Å². The lowest BCUT2D eigenvalue weighted by Crippen LogP contribution is -1.99. The van der Waals surface area contributed by atoms with Gasteiger partial charge in [-0.05, 0) is 29.7 Å². The zero-order chi connectivity index (χ0) is 16.2. The molecule has 0 amide bonds. The van der Waals surface area contributed by atoms with Gasteiger partial charge in [-0.1, -0.05) is 24.3 Å². The Hall–Kier alpha value is -2.37. The summed E-state index contributed by atoms with van der Waals surface area (Å²) in [6.07, 6.45) is 0.894. The summed E-state index contributed by atoms with van der Waals surface area (Å²) in [6, 6.07) is 15.2. The standard InChI is InChI=1S/C18H17NO3S/c1-22-15-7-4-6-13(18(15)21)10-19-11-14(20)17-9-12-5-2-3-8-16(12)23-17/h2-10,14,20-21H,11H2,1H3. The molecule has 3 rings (SSSR count). The maximum atomic E-state index is 10.3. The molecule has 5 heteroatoms. The summed E-state index contributed by atoms with van der Waals surface area (Å²) in [5.41, 5.74) is 0.563. The molecular formula is C18H17NO3S. The number of aliphatic imine (C=N–C) groups is 1. The molecule has 0 bridgehead atoms. The second-order valence-electron chi connectivity index (χ2n) is 5.09. The largest absolute Gasteiger partial charge is 0.504 e. The molecule has 0 saturated carbocycles. The van der Waals surface area contributed by atoms with E-state index in [9.17, 15) is 10.2 Å². The molecule has 0 aliphatic carbocycles. The van der Waals surface area contributed by atoms with Crippen LogP contribution in [0.25, 0.3) is 10.1 Å². The molecule has 0 spiro atoms. The van der Waals surface area contributed by atoms with Crippen molar-refractivity contribution in [2.75, 3.05) is 13.7 Å². The highest BCUT2D eigenvalue weighted by Crippen LogP contribution is 2.30. The van der Waals surface area contributed by atoms with Gasteiger partial charge in [-0.15, -0.1) is 11.3 Å². The van der Waals surface area contributed by atoms with E-state index in [2.05, 4.69) is 4.99 Å². The number of fused-ring (bicyclic) bond motifs is 1. The summed E-state index contributed by atoms with van der Waals surface area (Å²) in [4.78, 5) is 5.13. The van der Waals surface area contributed by atoms with E-state index in [0.717, 1.165) is 15.0 Å². The van der Waals surface area contributed by atoms with Gasteiger partial charge in [-0.3, -0.25) is 4.99 Å². The summed E-state index contributed by atoms with van der Waals surface area (Å²) >= 11 is 1.57. The van der Waals surface area contributed by atoms with E-state index in [4.69, 9.17) is 4.74 Å². The third kappa shape index (κ3) is 3.36. The number of methoxy groups -OCH3 is 1. The molecule has 118 valence electrons. The molecule has 0 aliphatic heterocycles. The Morgan fingerprint density at radius 2 is 2.04 bits per heavy atom. The fraction of sp³-hybridized carbons (Fsp3) is 0.167. The first-order chi connectivity index (χ1) is 11.2. The number of benzene rings is 2. The highest BCUT2D eigenvalue weighted by molar-refractivity contribution is 7.19. The Morgan fingerprint density at radius 3 is 2.83 bits per heavy atom. The Kier molecular flexibility index (Phi) is 4.60. The van der Waals surface area contributed by atoms with E-state index < -0.39 is 6.10 Å². The smallest absolute Gasteiger partial charge is 0.166 e. The highest BCUT2D eigenvalue weighted by atomic mass is 32.1. The molecule has 1 heterocycles. The van der Waals surface area contributed by atoms with Crippen LogP contribution >= 0.6 is 11.3 Å². The van der Waals surface area contributed by atoms with Crippen LogP contribution in [0.5, 0.6) is 11.5 Å². The third-order valence-electron chi connectivity index (χ3n) is 3.53. The molecule has 0 aliphatic rings. The van der Waals surface area contributed by atoms with Crippen LogP contribution in [0.4, 0.5) is 0 Å². The van der Waals surface area contributed by atoms with Crippen LogP contribution < -0.4 is 4.74 Å². The molecule has 4 nitrogen and oxygen atoms in total. The number of aliphatic hydroxyl groups is 1. The second-order valence-corrected chi connectivity index (χ2v) is 6.21. The van der Waals surface area contributed by atoms with Gasteiger partial charge in [0.15, 0.2) is 11.5 Å². The molecule has 2 N–H and O–H groups in total. The monoisotopic (exact) mass is 327 g/mol. The number of ether oxygens (including phenoxy) is 1. The van der Waals surface area contributed by atoms with E-state index in [1.54, 1.807) is 35.8 Å². The molecule has 0 saturated heterocycles. The van der Waals surface area contributed by atoms with Gasteiger partial charge in [0.05, 0.1) is 13.7 Å². The summed E-state index contributed by atoms with van der Waals surface area (Å²) < 4.78 is 6.21. The first-order valence-corrected chi connectivity index (χ1v) is 8.03. The van der Waals surface area contributed by atoms with Crippen LogP contribution in [0.15, 0.2) is 53.5 Å². The van der Waals surface area contributed by atoms with Crippen molar-refractivity contribution in [1.29, 1.82) is 0 Å². The number of hydrogen-bond acceptors (Lipinski definition) is 5. The molecule has 3 aromatic rings. The molecule has 0 fully saturated rings. The minimum atomic E-state index is -0.656. The van der Waals surface area contributed by atoms with Crippen LogP contribution in [-0.4, -0.2) is 30.1 Å². The van der Waals surface area contributed by atoms with Crippen molar-refractivity contribution >= 4 is 27.6 Å². The number of para-hydroxylation sites is 1. The predicted octanol–water partition coefficient (Wildman–Crippen LogP) is 3.77. The summed E-state index contributed by atoms with van der Waals surface area (Å²) in [6.45, 7) is 0.240. The van der Waals surface area contributed by atoms with Gasteiger partial charge in [0.25, 0.3) is 0 Å². The number of nitrogens with zero attached hydrogens (tertiary/aromatic N) is 1. The average Bonchev–Trinajstić information content (AvgIpc) is 3.00. The van der Waals surface area contributed by atoms with E-state index in [1.165, 1.54) is 7.11 Å². The fourth-order valence-electron chi connectivity index (χ4n) is 2.32. The average molecular weight is 327 g/mol. The molecule has 1 aromatic heterocycles. The number of aromatic hydroxyl groups is 1. The lowest BCUT2D eigenvalue weighted by Gasteiger charge is -2.06. The summed E-state index contributed by atoms with van der Waals surface area (Å²) in [5.74, 6) is 0.453. The van der Waals surface area contributed by atoms with Crippen molar-refractivity contribution in [3.63, 3.8) is 0 Å². The van der Waals surface area contributed by atoms with Gasteiger partial charge >= 0.3 is 0 Å². The van der Waals surface area contributed by atoms with Gasteiger partial charge in [0.2, 0.25) is 0 Å². The van der Waals surface area contributed by atoms with Crippen LogP contribution in [0.3, 0.4) is 0 Å². The van der Waals surface area contributed by atoms with Crippen LogP contribution in [0, 0.1) is 0 Å². The minimum Gasteiger partial charge on any atom is -0.504 e. The maximum absolute atomic E-state index is 10.3. The van der Waals surface area contributed by atoms with Gasteiger partial charge in [0.1, 0.15) is 6.10 Å². The molecule has 1 atom stereocenters. The van der Waals surface area contributed by atoms with Crippen LogP contribution in [0.2, 0.25) is 0 Å². The van der Waals surface area contributed by atoms with Crippen molar-refractivity contribution < 1.29 is 14.9 Å². The molecule has 1 unspecified atom stereocenters. The first kappa shape index (κ1) is 15.5.